The molecule has 2 amide bonds. The van der Waals surface area contributed by atoms with E-state index >= 15 is 0 Å². The van der Waals surface area contributed by atoms with Crippen LogP contribution in [0.5, 0.6) is 11.5 Å². The maximum Gasteiger partial charge on any atom is 0.313 e. The molecule has 0 heterocycles. The van der Waals surface area contributed by atoms with Crippen molar-refractivity contribution in [2.75, 3.05) is 19.5 Å². The van der Waals surface area contributed by atoms with Gasteiger partial charge in [0.2, 0.25) is 0 Å². The second kappa shape index (κ2) is 7.85. The normalized spacial score (nSPS) is 20.5. The van der Waals surface area contributed by atoms with Crippen LogP contribution in [0, 0.1) is 5.92 Å². The van der Waals surface area contributed by atoms with Crippen LogP contribution in [-0.2, 0) is 9.59 Å². The molecular formula is C17H24N2O4. The lowest BCUT2D eigenvalue weighted by atomic mass is 9.86. The molecule has 1 aliphatic carbocycles. The van der Waals surface area contributed by atoms with Gasteiger partial charge in [0.05, 0.1) is 19.9 Å². The summed E-state index contributed by atoms with van der Waals surface area (Å²) < 4.78 is 10.3. The summed E-state index contributed by atoms with van der Waals surface area (Å²) in [5.41, 5.74) is 0.435. The second-order valence-electron chi connectivity index (χ2n) is 5.86. The fraction of sp³-hybridized carbons (Fsp3) is 0.529. The van der Waals surface area contributed by atoms with Crippen LogP contribution < -0.4 is 20.1 Å². The van der Waals surface area contributed by atoms with Gasteiger partial charge >= 0.3 is 11.8 Å². The van der Waals surface area contributed by atoms with Crippen molar-refractivity contribution in [1.29, 1.82) is 0 Å². The molecule has 23 heavy (non-hydrogen) atoms. The first-order valence-corrected chi connectivity index (χ1v) is 7.89. The Balaban J connectivity index is 1.99. The molecule has 0 aromatic heterocycles. The highest BCUT2D eigenvalue weighted by atomic mass is 16.5. The molecule has 2 atom stereocenters. The van der Waals surface area contributed by atoms with E-state index in [9.17, 15) is 9.59 Å². The van der Waals surface area contributed by atoms with Gasteiger partial charge in [-0.05, 0) is 30.9 Å². The largest absolute Gasteiger partial charge is 0.497 e. The zero-order valence-electron chi connectivity index (χ0n) is 13.8. The molecule has 0 spiro atoms. The van der Waals surface area contributed by atoms with Crippen molar-refractivity contribution in [1.82, 2.24) is 5.32 Å². The fourth-order valence-corrected chi connectivity index (χ4v) is 2.85. The summed E-state index contributed by atoms with van der Waals surface area (Å²) in [6.45, 7) is 2.11. The number of rotatable bonds is 4. The van der Waals surface area contributed by atoms with Crippen molar-refractivity contribution in [2.45, 2.75) is 38.6 Å². The molecule has 1 aromatic rings. The van der Waals surface area contributed by atoms with Gasteiger partial charge in [0.15, 0.2) is 0 Å². The number of methoxy groups -OCH3 is 2. The molecule has 0 bridgehead atoms. The van der Waals surface area contributed by atoms with Crippen molar-refractivity contribution < 1.29 is 19.1 Å². The minimum atomic E-state index is -0.689. The molecule has 1 saturated carbocycles. The average Bonchev–Trinajstić information content (AvgIpc) is 2.57. The smallest absolute Gasteiger partial charge is 0.313 e. The highest BCUT2D eigenvalue weighted by Gasteiger charge is 2.25. The first-order valence-electron chi connectivity index (χ1n) is 7.89. The third-order valence-electron chi connectivity index (χ3n) is 4.29. The van der Waals surface area contributed by atoms with Crippen LogP contribution in [0.1, 0.15) is 32.6 Å². The molecule has 0 aliphatic heterocycles. The van der Waals surface area contributed by atoms with E-state index in [1.54, 1.807) is 25.3 Å². The van der Waals surface area contributed by atoms with E-state index in [4.69, 9.17) is 9.47 Å². The summed E-state index contributed by atoms with van der Waals surface area (Å²) in [6.07, 6.45) is 4.27. The number of hydrogen-bond acceptors (Lipinski definition) is 4. The number of anilines is 1. The van der Waals surface area contributed by atoms with Gasteiger partial charge in [-0.15, -0.1) is 0 Å². The van der Waals surface area contributed by atoms with Gasteiger partial charge in [0, 0.05) is 12.1 Å². The highest BCUT2D eigenvalue weighted by molar-refractivity contribution is 6.39. The van der Waals surface area contributed by atoms with E-state index in [0.717, 1.165) is 19.3 Å². The number of amides is 2. The quantitative estimate of drug-likeness (QED) is 0.835. The van der Waals surface area contributed by atoms with Crippen LogP contribution in [0.2, 0.25) is 0 Å². The summed E-state index contributed by atoms with van der Waals surface area (Å²) in [7, 11) is 3.04. The number of ether oxygens (including phenoxy) is 2. The Morgan fingerprint density at radius 2 is 1.83 bits per heavy atom. The molecule has 2 unspecified atom stereocenters. The number of carbonyl (C=O) groups is 2. The highest BCUT2D eigenvalue weighted by Crippen LogP contribution is 2.29. The standard InChI is InChI=1S/C17H24N2O4/c1-11-6-4-5-7-13(11)18-16(20)17(21)19-14-9-8-12(22-2)10-15(14)23-3/h8-11,13H,4-7H2,1-3H3,(H,18,20)(H,19,21). The molecule has 6 nitrogen and oxygen atoms in total. The topological polar surface area (TPSA) is 76.7 Å². The predicted molar refractivity (Wildman–Crippen MR) is 87.7 cm³/mol. The van der Waals surface area contributed by atoms with Gasteiger partial charge in [0.25, 0.3) is 0 Å². The molecule has 2 N–H and O–H groups in total. The summed E-state index contributed by atoms with van der Waals surface area (Å²) >= 11 is 0. The molecule has 0 radical (unpaired) electrons. The molecule has 1 aliphatic rings. The molecule has 0 saturated heterocycles. The van der Waals surface area contributed by atoms with E-state index < -0.39 is 11.8 Å². The Morgan fingerprint density at radius 1 is 1.09 bits per heavy atom. The number of nitrogens with one attached hydrogen (secondary N) is 2. The zero-order valence-corrected chi connectivity index (χ0v) is 13.8. The summed E-state index contributed by atoms with van der Waals surface area (Å²) in [5.74, 6) is 0.153. The van der Waals surface area contributed by atoms with Crippen molar-refractivity contribution in [3.8, 4) is 11.5 Å². The number of hydrogen-bond donors (Lipinski definition) is 2. The lowest BCUT2D eigenvalue weighted by Crippen LogP contribution is -2.45. The van der Waals surface area contributed by atoms with E-state index in [1.165, 1.54) is 13.5 Å². The van der Waals surface area contributed by atoms with Crippen LogP contribution in [0.3, 0.4) is 0 Å². The third-order valence-corrected chi connectivity index (χ3v) is 4.29. The Bertz CT molecular complexity index is 574. The van der Waals surface area contributed by atoms with Gasteiger partial charge in [-0.3, -0.25) is 9.59 Å². The van der Waals surface area contributed by atoms with Crippen LogP contribution in [0.4, 0.5) is 5.69 Å². The summed E-state index contributed by atoms with van der Waals surface area (Å²) in [5, 5.41) is 5.42. The first-order chi connectivity index (χ1) is 11.0. The van der Waals surface area contributed by atoms with Crippen LogP contribution >= 0.6 is 0 Å². The number of benzene rings is 1. The number of carbonyl (C=O) groups excluding carboxylic acids is 2. The SMILES string of the molecule is COc1ccc(NC(=O)C(=O)NC2CCCCC2C)c(OC)c1. The van der Waals surface area contributed by atoms with Crippen LogP contribution in [0.25, 0.3) is 0 Å². The molecule has 6 heteroatoms. The Hall–Kier alpha value is -2.24. The lowest BCUT2D eigenvalue weighted by molar-refractivity contribution is -0.137. The lowest BCUT2D eigenvalue weighted by Gasteiger charge is -2.29. The predicted octanol–water partition coefficient (Wildman–Crippen LogP) is 2.34. The second-order valence-corrected chi connectivity index (χ2v) is 5.86. The molecule has 126 valence electrons. The maximum absolute atomic E-state index is 12.1. The van der Waals surface area contributed by atoms with Crippen molar-refractivity contribution in [3.05, 3.63) is 18.2 Å². The monoisotopic (exact) mass is 320 g/mol. The van der Waals surface area contributed by atoms with Gasteiger partial charge < -0.3 is 20.1 Å². The van der Waals surface area contributed by atoms with Gasteiger partial charge in [-0.2, -0.15) is 0 Å². The third kappa shape index (κ3) is 4.37. The minimum absolute atomic E-state index is 0.0692. The Labute approximate surface area is 136 Å². The fourth-order valence-electron chi connectivity index (χ4n) is 2.85. The van der Waals surface area contributed by atoms with Gasteiger partial charge in [-0.25, -0.2) is 0 Å². The first kappa shape index (κ1) is 17.1. The van der Waals surface area contributed by atoms with E-state index in [0.29, 0.717) is 23.1 Å². The molecular weight excluding hydrogens is 296 g/mol. The molecule has 2 rings (SSSR count). The zero-order chi connectivity index (χ0) is 16.8. The van der Waals surface area contributed by atoms with Gasteiger partial charge in [-0.1, -0.05) is 19.8 Å². The van der Waals surface area contributed by atoms with Gasteiger partial charge in [0.1, 0.15) is 11.5 Å². The summed E-state index contributed by atoms with van der Waals surface area (Å²) in [4.78, 5) is 24.2. The van der Waals surface area contributed by atoms with Crippen molar-refractivity contribution >= 4 is 17.5 Å². The van der Waals surface area contributed by atoms with Crippen molar-refractivity contribution in [3.63, 3.8) is 0 Å². The minimum Gasteiger partial charge on any atom is -0.497 e. The van der Waals surface area contributed by atoms with E-state index in [-0.39, 0.29) is 6.04 Å². The Morgan fingerprint density at radius 3 is 2.48 bits per heavy atom. The average molecular weight is 320 g/mol. The van der Waals surface area contributed by atoms with E-state index in [2.05, 4.69) is 17.6 Å². The van der Waals surface area contributed by atoms with E-state index in [1.807, 2.05) is 0 Å². The Kier molecular flexibility index (Phi) is 5.84. The van der Waals surface area contributed by atoms with Crippen molar-refractivity contribution in [2.24, 2.45) is 5.92 Å². The van der Waals surface area contributed by atoms with Crippen LogP contribution in [0.15, 0.2) is 18.2 Å². The molecule has 1 fully saturated rings. The molecule has 1 aromatic carbocycles. The summed E-state index contributed by atoms with van der Waals surface area (Å²) in [6, 6.07) is 5.06. The maximum atomic E-state index is 12.1. The van der Waals surface area contributed by atoms with Crippen LogP contribution in [-0.4, -0.2) is 32.1 Å².